The monoisotopic (exact) mass is 311 g/mol. The fraction of sp³-hybridized carbons (Fsp3) is 0.667. The molecule has 5 nitrogen and oxygen atoms in total. The van der Waals surface area contributed by atoms with Crippen LogP contribution in [0.15, 0.2) is 6.20 Å². The van der Waals surface area contributed by atoms with E-state index in [-0.39, 0.29) is 17.9 Å². The third kappa shape index (κ3) is 3.52. The number of piperidine rings is 1. The molecule has 0 spiro atoms. The third-order valence-corrected chi connectivity index (χ3v) is 4.24. The first kappa shape index (κ1) is 16.2. The Morgan fingerprint density at radius 1 is 1.52 bits per heavy atom. The van der Waals surface area contributed by atoms with Gasteiger partial charge in [-0.25, -0.2) is 9.97 Å². The molecular formula is C15H22ClN3O2. The van der Waals surface area contributed by atoms with Gasteiger partial charge in [0, 0.05) is 26.1 Å². The van der Waals surface area contributed by atoms with E-state index >= 15 is 0 Å². The van der Waals surface area contributed by atoms with Crippen molar-refractivity contribution in [1.82, 2.24) is 14.9 Å². The number of aromatic nitrogens is 2. The Morgan fingerprint density at radius 2 is 2.24 bits per heavy atom. The smallest absolute Gasteiger partial charge is 0.274 e. The first-order valence-electron chi connectivity index (χ1n) is 7.28. The number of likely N-dealkylation sites (tertiary alicyclic amines) is 1. The summed E-state index contributed by atoms with van der Waals surface area (Å²) < 4.78 is 5.45. The molecule has 0 aromatic carbocycles. The number of carbonyl (C=O) groups is 1. The van der Waals surface area contributed by atoms with Crippen LogP contribution < -0.4 is 0 Å². The number of halogens is 1. The maximum absolute atomic E-state index is 12.7. The number of carbonyl (C=O) groups excluding carboxylic acids is 1. The van der Waals surface area contributed by atoms with Crippen molar-refractivity contribution in [1.29, 1.82) is 0 Å². The number of hydrogen-bond acceptors (Lipinski definition) is 4. The van der Waals surface area contributed by atoms with E-state index in [2.05, 4.69) is 16.9 Å². The Bertz CT molecular complexity index is 522. The molecule has 2 unspecified atom stereocenters. The molecule has 0 N–H and O–H groups in total. The fourth-order valence-electron chi connectivity index (χ4n) is 2.48. The lowest BCUT2D eigenvalue weighted by Gasteiger charge is -2.36. The average Bonchev–Trinajstić information content (AvgIpc) is 2.47. The van der Waals surface area contributed by atoms with Crippen LogP contribution in [-0.2, 0) is 4.74 Å². The van der Waals surface area contributed by atoms with Crippen molar-refractivity contribution in [3.63, 3.8) is 0 Å². The Balaban J connectivity index is 2.22. The second-order valence-electron chi connectivity index (χ2n) is 5.87. The molecular weight excluding hydrogens is 290 g/mol. The van der Waals surface area contributed by atoms with Crippen molar-refractivity contribution >= 4 is 17.5 Å². The molecule has 2 heterocycles. The maximum atomic E-state index is 12.7. The van der Waals surface area contributed by atoms with Crippen LogP contribution in [0.25, 0.3) is 0 Å². The molecule has 116 valence electrons. The highest BCUT2D eigenvalue weighted by atomic mass is 35.5. The molecule has 1 saturated heterocycles. The van der Waals surface area contributed by atoms with Crippen LogP contribution in [0, 0.1) is 5.92 Å². The fourth-order valence-corrected chi connectivity index (χ4v) is 2.66. The Morgan fingerprint density at radius 3 is 2.86 bits per heavy atom. The first-order valence-corrected chi connectivity index (χ1v) is 7.66. The summed E-state index contributed by atoms with van der Waals surface area (Å²) in [6.45, 7) is 7.40. The van der Waals surface area contributed by atoms with Gasteiger partial charge in [0.25, 0.3) is 5.91 Å². The lowest BCUT2D eigenvalue weighted by Crippen LogP contribution is -2.47. The van der Waals surface area contributed by atoms with Crippen molar-refractivity contribution in [3.8, 4) is 0 Å². The molecule has 2 atom stereocenters. The van der Waals surface area contributed by atoms with Crippen LogP contribution in [0.2, 0.25) is 5.02 Å². The third-order valence-electron chi connectivity index (χ3n) is 3.96. The quantitative estimate of drug-likeness (QED) is 0.861. The van der Waals surface area contributed by atoms with Crippen LogP contribution >= 0.6 is 11.6 Å². The van der Waals surface area contributed by atoms with Gasteiger partial charge in [-0.2, -0.15) is 0 Å². The number of rotatable bonds is 3. The molecule has 21 heavy (non-hydrogen) atoms. The SMILES string of the molecule is COC1CN(C(=O)c2nc(C(C)C)ncc2Cl)CCC1C. The van der Waals surface area contributed by atoms with Gasteiger partial charge in [-0.15, -0.1) is 0 Å². The van der Waals surface area contributed by atoms with Crippen LogP contribution in [0.3, 0.4) is 0 Å². The van der Waals surface area contributed by atoms with Gasteiger partial charge in [-0.1, -0.05) is 32.4 Å². The van der Waals surface area contributed by atoms with Gasteiger partial charge in [0.1, 0.15) is 5.82 Å². The Labute approximate surface area is 130 Å². The summed E-state index contributed by atoms with van der Waals surface area (Å²) in [4.78, 5) is 22.9. The predicted octanol–water partition coefficient (Wildman–Crippen LogP) is 2.75. The maximum Gasteiger partial charge on any atom is 0.274 e. The number of amides is 1. The molecule has 1 aliphatic rings. The van der Waals surface area contributed by atoms with E-state index in [1.54, 1.807) is 12.0 Å². The number of hydrogen-bond donors (Lipinski definition) is 0. The zero-order chi connectivity index (χ0) is 15.6. The molecule has 0 bridgehead atoms. The second-order valence-corrected chi connectivity index (χ2v) is 6.28. The standard InChI is InChI=1S/C15H22ClN3O2/c1-9(2)14-17-7-11(16)13(18-14)15(20)19-6-5-10(3)12(8-19)21-4/h7,9-10,12H,5-6,8H2,1-4H3. The number of ether oxygens (including phenoxy) is 1. The van der Waals surface area contributed by atoms with E-state index in [0.717, 1.165) is 6.42 Å². The van der Waals surface area contributed by atoms with Crippen molar-refractivity contribution in [2.75, 3.05) is 20.2 Å². The molecule has 2 rings (SSSR count). The van der Waals surface area contributed by atoms with Crippen LogP contribution in [0.1, 0.15) is 49.4 Å². The van der Waals surface area contributed by atoms with E-state index in [1.165, 1.54) is 6.20 Å². The minimum absolute atomic E-state index is 0.0629. The highest BCUT2D eigenvalue weighted by Crippen LogP contribution is 2.23. The highest BCUT2D eigenvalue weighted by Gasteiger charge is 2.31. The summed E-state index contributed by atoms with van der Waals surface area (Å²) in [5.74, 6) is 1.10. The molecule has 1 amide bonds. The van der Waals surface area contributed by atoms with Crippen molar-refractivity contribution in [2.45, 2.75) is 39.2 Å². The van der Waals surface area contributed by atoms with Gasteiger partial charge >= 0.3 is 0 Å². The summed E-state index contributed by atoms with van der Waals surface area (Å²) in [5, 5.41) is 0.303. The molecule has 1 aromatic rings. The first-order chi connectivity index (χ1) is 9.93. The van der Waals surface area contributed by atoms with Gasteiger partial charge in [-0.05, 0) is 12.3 Å². The lowest BCUT2D eigenvalue weighted by atomic mass is 9.95. The van der Waals surface area contributed by atoms with Gasteiger partial charge in [0.05, 0.1) is 17.3 Å². The van der Waals surface area contributed by atoms with Crippen LogP contribution in [-0.4, -0.2) is 47.1 Å². The Hall–Kier alpha value is -1.20. The summed E-state index contributed by atoms with van der Waals surface area (Å²) in [6.07, 6.45) is 2.49. The molecule has 0 saturated carbocycles. The van der Waals surface area contributed by atoms with Gasteiger partial charge in [-0.3, -0.25) is 4.79 Å². The summed E-state index contributed by atoms with van der Waals surface area (Å²) in [5.41, 5.74) is 0.291. The van der Waals surface area contributed by atoms with Crippen molar-refractivity contribution < 1.29 is 9.53 Å². The predicted molar refractivity (Wildman–Crippen MR) is 81.6 cm³/mol. The summed E-state index contributed by atoms with van der Waals surface area (Å²) in [6, 6.07) is 0. The second kappa shape index (κ2) is 6.71. The van der Waals surface area contributed by atoms with Crippen LogP contribution in [0.4, 0.5) is 0 Å². The summed E-state index contributed by atoms with van der Waals surface area (Å²) >= 11 is 6.11. The molecule has 1 aromatic heterocycles. The number of methoxy groups -OCH3 is 1. The molecule has 0 aliphatic carbocycles. The molecule has 0 radical (unpaired) electrons. The summed E-state index contributed by atoms with van der Waals surface area (Å²) in [7, 11) is 1.68. The van der Waals surface area contributed by atoms with Crippen molar-refractivity contribution in [2.24, 2.45) is 5.92 Å². The molecule has 1 aliphatic heterocycles. The van der Waals surface area contributed by atoms with E-state index in [9.17, 15) is 4.79 Å². The molecule has 1 fully saturated rings. The zero-order valence-corrected chi connectivity index (χ0v) is 13.7. The zero-order valence-electron chi connectivity index (χ0n) is 13.0. The van der Waals surface area contributed by atoms with E-state index < -0.39 is 0 Å². The normalized spacial score (nSPS) is 22.7. The van der Waals surface area contributed by atoms with E-state index in [4.69, 9.17) is 16.3 Å². The topological polar surface area (TPSA) is 55.3 Å². The average molecular weight is 312 g/mol. The van der Waals surface area contributed by atoms with Gasteiger partial charge in [0.2, 0.25) is 0 Å². The highest BCUT2D eigenvalue weighted by molar-refractivity contribution is 6.33. The largest absolute Gasteiger partial charge is 0.379 e. The minimum Gasteiger partial charge on any atom is -0.379 e. The van der Waals surface area contributed by atoms with Crippen LogP contribution in [0.5, 0.6) is 0 Å². The van der Waals surface area contributed by atoms with E-state index in [1.807, 2.05) is 13.8 Å². The lowest BCUT2D eigenvalue weighted by molar-refractivity contribution is -0.00178. The van der Waals surface area contributed by atoms with Crippen molar-refractivity contribution in [3.05, 3.63) is 22.7 Å². The number of nitrogens with zero attached hydrogens (tertiary/aromatic N) is 3. The van der Waals surface area contributed by atoms with Gasteiger partial charge in [0.15, 0.2) is 5.69 Å². The Kier molecular flexibility index (Phi) is 5.17. The van der Waals surface area contributed by atoms with Gasteiger partial charge < -0.3 is 9.64 Å². The minimum atomic E-state index is -0.141. The van der Waals surface area contributed by atoms with E-state index in [0.29, 0.717) is 35.5 Å². The molecule has 6 heteroatoms.